The van der Waals surface area contributed by atoms with E-state index >= 15 is 0 Å². The molecule has 8 rings (SSSR count). The van der Waals surface area contributed by atoms with Crippen LogP contribution in [0.4, 0.5) is 14.7 Å². The molecule has 3 saturated heterocycles. The Morgan fingerprint density at radius 1 is 0.917 bits per heavy atom. The second-order valence-electron chi connectivity index (χ2n) is 10.4. The predicted octanol–water partition coefficient (Wildman–Crippen LogP) is 5.08. The van der Waals surface area contributed by atoms with Crippen molar-refractivity contribution < 1.29 is 13.5 Å². The fourth-order valence-corrected chi connectivity index (χ4v) is 6.17. The number of hydrogen-bond donors (Lipinski definition) is 0. The highest BCUT2D eigenvalue weighted by Crippen LogP contribution is 2.41. The van der Waals surface area contributed by atoms with Crippen molar-refractivity contribution in [1.29, 1.82) is 0 Å². The van der Waals surface area contributed by atoms with Crippen molar-refractivity contribution in [3.8, 4) is 5.82 Å². The number of ether oxygens (including phenoxy) is 1. The largest absolute Gasteiger partial charge is 0.381 e. The molecular formula is C26H29F2N7O. The van der Waals surface area contributed by atoms with E-state index in [9.17, 15) is 8.78 Å². The third kappa shape index (κ3) is 3.65. The summed E-state index contributed by atoms with van der Waals surface area (Å²) in [6, 6.07) is 7.40. The van der Waals surface area contributed by atoms with Gasteiger partial charge in [0.25, 0.3) is 6.43 Å². The summed E-state index contributed by atoms with van der Waals surface area (Å²) in [6.07, 6.45) is 5.64. The van der Waals surface area contributed by atoms with E-state index in [1.807, 2.05) is 6.07 Å². The maximum Gasteiger partial charge on any atom is 0.296 e. The van der Waals surface area contributed by atoms with E-state index in [4.69, 9.17) is 14.7 Å². The highest BCUT2D eigenvalue weighted by Gasteiger charge is 2.33. The van der Waals surface area contributed by atoms with Crippen LogP contribution in [-0.2, 0) is 4.74 Å². The molecule has 3 aromatic heterocycles. The summed E-state index contributed by atoms with van der Waals surface area (Å²) in [5, 5.41) is 0. The van der Waals surface area contributed by atoms with Gasteiger partial charge in [-0.1, -0.05) is 12.1 Å². The second kappa shape index (κ2) is 8.76. The first-order valence-electron chi connectivity index (χ1n) is 13.0. The summed E-state index contributed by atoms with van der Waals surface area (Å²) < 4.78 is 37.7. The predicted molar refractivity (Wildman–Crippen MR) is 132 cm³/mol. The molecule has 2 bridgehead atoms. The minimum Gasteiger partial charge on any atom is -0.381 e. The van der Waals surface area contributed by atoms with Crippen LogP contribution in [0.2, 0.25) is 0 Å². The number of halogens is 2. The third-order valence-corrected chi connectivity index (χ3v) is 8.20. The zero-order valence-electron chi connectivity index (χ0n) is 20.1. The summed E-state index contributed by atoms with van der Waals surface area (Å²) >= 11 is 0. The highest BCUT2D eigenvalue weighted by atomic mass is 19.3. The van der Waals surface area contributed by atoms with Gasteiger partial charge >= 0.3 is 0 Å². The van der Waals surface area contributed by atoms with E-state index < -0.39 is 6.43 Å². The van der Waals surface area contributed by atoms with E-state index in [1.54, 1.807) is 24.5 Å². The van der Waals surface area contributed by atoms with E-state index in [1.165, 1.54) is 17.4 Å². The lowest BCUT2D eigenvalue weighted by Crippen LogP contribution is -2.38. The van der Waals surface area contributed by atoms with Crippen LogP contribution in [0.15, 0.2) is 30.6 Å². The van der Waals surface area contributed by atoms with Crippen LogP contribution < -0.4 is 4.90 Å². The molecule has 4 aliphatic rings. The number of rotatable bonds is 4. The Labute approximate surface area is 207 Å². The molecule has 6 heterocycles. The summed E-state index contributed by atoms with van der Waals surface area (Å²) in [6.45, 7) is 3.12. The Morgan fingerprint density at radius 3 is 2.42 bits per heavy atom. The molecule has 0 radical (unpaired) electrons. The van der Waals surface area contributed by atoms with Crippen LogP contribution >= 0.6 is 0 Å². The molecule has 0 atom stereocenters. The zero-order chi connectivity index (χ0) is 24.2. The molecule has 1 saturated carbocycles. The van der Waals surface area contributed by atoms with E-state index in [0.717, 1.165) is 50.6 Å². The fraction of sp³-hybridized carbons (Fsp3) is 0.538. The van der Waals surface area contributed by atoms with Gasteiger partial charge in [-0.2, -0.15) is 9.97 Å². The van der Waals surface area contributed by atoms with E-state index in [2.05, 4.69) is 19.4 Å². The first-order chi connectivity index (χ1) is 17.7. The van der Waals surface area contributed by atoms with Gasteiger partial charge in [-0.15, -0.1) is 0 Å². The second-order valence-corrected chi connectivity index (χ2v) is 10.4. The number of nitrogens with zero attached hydrogens (tertiary/aromatic N) is 7. The van der Waals surface area contributed by atoms with Gasteiger partial charge < -0.3 is 14.2 Å². The van der Waals surface area contributed by atoms with Gasteiger partial charge in [0, 0.05) is 32.3 Å². The van der Waals surface area contributed by atoms with Crippen molar-refractivity contribution in [2.24, 2.45) is 11.8 Å². The molecule has 0 N–H and O–H groups in total. The van der Waals surface area contributed by atoms with Crippen molar-refractivity contribution >= 4 is 28.1 Å². The van der Waals surface area contributed by atoms with Crippen molar-refractivity contribution in [3.63, 3.8) is 0 Å². The Morgan fingerprint density at radius 2 is 1.67 bits per heavy atom. The zero-order valence-corrected chi connectivity index (χ0v) is 20.1. The van der Waals surface area contributed by atoms with Crippen LogP contribution in [0.1, 0.15) is 56.8 Å². The lowest BCUT2D eigenvalue weighted by atomic mass is 9.71. The van der Waals surface area contributed by atoms with Crippen molar-refractivity contribution in [1.82, 2.24) is 29.1 Å². The fourth-order valence-electron chi connectivity index (χ4n) is 6.17. The molecule has 10 heteroatoms. The molecule has 1 aromatic carbocycles. The number of anilines is 1. The molecule has 8 nitrogen and oxygen atoms in total. The standard InChI is InChI=1S/C26H29F2N7O/c27-22(28)25-30-19-3-1-2-4-20(19)35(25)24-21-23(34(15-29-21)18-7-11-36-12-8-18)31-26(32-24)33-9-5-16-13-17(14-16)6-10-33/h1-4,15-18,22H,5-14H2. The molecule has 4 aromatic rings. The number of para-hydroxylation sites is 2. The Bertz CT molecular complexity index is 1390. The summed E-state index contributed by atoms with van der Waals surface area (Å²) in [5.41, 5.74) is 2.31. The maximum absolute atomic E-state index is 14.3. The Hall–Kier alpha value is -3.14. The van der Waals surface area contributed by atoms with Crippen LogP contribution in [0.3, 0.4) is 0 Å². The third-order valence-electron chi connectivity index (χ3n) is 8.20. The van der Waals surface area contributed by atoms with Crippen molar-refractivity contribution in [2.75, 3.05) is 31.2 Å². The molecule has 0 amide bonds. The lowest BCUT2D eigenvalue weighted by molar-refractivity contribution is 0.0704. The Kier molecular flexibility index (Phi) is 5.37. The summed E-state index contributed by atoms with van der Waals surface area (Å²) in [4.78, 5) is 21.1. The summed E-state index contributed by atoms with van der Waals surface area (Å²) in [7, 11) is 0. The average Bonchev–Trinajstić information content (AvgIpc) is 3.45. The van der Waals surface area contributed by atoms with Gasteiger partial charge in [-0.05, 0) is 62.5 Å². The van der Waals surface area contributed by atoms with Gasteiger partial charge in [0.2, 0.25) is 5.95 Å². The van der Waals surface area contributed by atoms with Crippen LogP contribution in [0.25, 0.3) is 28.0 Å². The van der Waals surface area contributed by atoms with Crippen LogP contribution in [0.5, 0.6) is 0 Å². The number of alkyl halides is 2. The molecular weight excluding hydrogens is 464 g/mol. The lowest BCUT2D eigenvalue weighted by Gasteiger charge is -2.41. The minimum absolute atomic E-state index is 0.202. The summed E-state index contributed by atoms with van der Waals surface area (Å²) in [5.74, 6) is 2.19. The van der Waals surface area contributed by atoms with Gasteiger partial charge in [0.1, 0.15) is 0 Å². The molecule has 4 fully saturated rings. The quantitative estimate of drug-likeness (QED) is 0.395. The van der Waals surface area contributed by atoms with E-state index in [0.29, 0.717) is 47.2 Å². The molecule has 36 heavy (non-hydrogen) atoms. The smallest absolute Gasteiger partial charge is 0.296 e. The SMILES string of the molecule is FC(F)c1nc2ccccc2n1-c1nc(N2CCC3CC(CC2)C3)nc2c1ncn2C1CCOCC1. The van der Waals surface area contributed by atoms with Crippen molar-refractivity contribution in [3.05, 3.63) is 36.4 Å². The Balaban J connectivity index is 1.43. The number of fused-ring (bicyclic) bond motifs is 6. The monoisotopic (exact) mass is 493 g/mol. The number of hydrogen-bond acceptors (Lipinski definition) is 6. The van der Waals surface area contributed by atoms with Gasteiger partial charge in [0.05, 0.1) is 17.4 Å². The topological polar surface area (TPSA) is 73.9 Å². The van der Waals surface area contributed by atoms with Crippen LogP contribution in [-0.4, -0.2) is 55.4 Å². The number of benzene rings is 1. The molecule has 0 spiro atoms. The highest BCUT2D eigenvalue weighted by molar-refractivity contribution is 5.85. The first-order valence-corrected chi connectivity index (χ1v) is 13.0. The van der Waals surface area contributed by atoms with Crippen LogP contribution in [0, 0.1) is 11.8 Å². The van der Waals surface area contributed by atoms with E-state index in [-0.39, 0.29) is 11.9 Å². The number of imidazole rings is 2. The molecule has 188 valence electrons. The molecule has 1 aliphatic carbocycles. The molecule has 3 aliphatic heterocycles. The van der Waals surface area contributed by atoms with Crippen molar-refractivity contribution in [2.45, 2.75) is 51.0 Å². The number of aromatic nitrogens is 6. The minimum atomic E-state index is -2.75. The average molecular weight is 494 g/mol. The van der Waals surface area contributed by atoms with Gasteiger partial charge in [-0.25, -0.2) is 18.7 Å². The molecule has 0 unspecified atom stereocenters. The first kappa shape index (κ1) is 22.1. The maximum atomic E-state index is 14.3. The normalized spacial score (nSPS) is 23.2. The van der Waals surface area contributed by atoms with Gasteiger partial charge in [0.15, 0.2) is 22.8 Å². The van der Waals surface area contributed by atoms with Gasteiger partial charge in [-0.3, -0.25) is 4.57 Å².